The minimum Gasteiger partial charge on any atom is -0.489 e. The molecule has 0 saturated carbocycles. The predicted octanol–water partition coefficient (Wildman–Crippen LogP) is 1.99. The van der Waals surface area contributed by atoms with E-state index in [1.165, 1.54) is 0 Å². The second-order valence-corrected chi connectivity index (χ2v) is 6.58. The third-order valence-corrected chi connectivity index (χ3v) is 4.29. The molecule has 128 valence electrons. The van der Waals surface area contributed by atoms with Crippen molar-refractivity contribution in [3.05, 3.63) is 28.8 Å². The molecular weight excluding hydrogens is 316 g/mol. The monoisotopic (exact) mass is 340 g/mol. The van der Waals surface area contributed by atoms with Crippen molar-refractivity contribution in [2.45, 2.75) is 38.8 Å². The molecule has 0 aromatic heterocycles. The molecule has 1 aliphatic heterocycles. The van der Waals surface area contributed by atoms with Crippen molar-refractivity contribution in [3.8, 4) is 5.75 Å². The summed E-state index contributed by atoms with van der Waals surface area (Å²) in [5.74, 6) is 0.627. The van der Waals surface area contributed by atoms with Gasteiger partial charge in [0.25, 0.3) is 0 Å². The third kappa shape index (κ3) is 6.01. The first-order valence-corrected chi connectivity index (χ1v) is 8.38. The van der Waals surface area contributed by atoms with Crippen LogP contribution in [-0.4, -0.2) is 54.3 Å². The van der Waals surface area contributed by atoms with Crippen LogP contribution in [0.3, 0.4) is 0 Å². The Labute approximate surface area is 142 Å². The van der Waals surface area contributed by atoms with Crippen molar-refractivity contribution in [2.24, 2.45) is 0 Å². The molecule has 1 unspecified atom stereocenters. The molecule has 0 radical (unpaired) electrons. The van der Waals surface area contributed by atoms with Crippen molar-refractivity contribution in [3.63, 3.8) is 0 Å². The summed E-state index contributed by atoms with van der Waals surface area (Å²) >= 11 is 6.08. The maximum Gasteiger partial charge on any atom is 0.217 e. The van der Waals surface area contributed by atoms with Crippen molar-refractivity contribution in [1.82, 2.24) is 10.2 Å². The Morgan fingerprint density at radius 2 is 2.17 bits per heavy atom. The standard InChI is InChI=1S/C17H25ClN2O3/c1-12-3-4-16(18)17(9-12)23-11-15(22)10-20-7-5-14(6-8-20)19-13(2)21/h3-4,9,14-15,22H,5-8,10-11H2,1-2H3,(H,19,21). The number of halogens is 1. The molecular formula is C17H25ClN2O3. The van der Waals surface area contributed by atoms with E-state index in [9.17, 15) is 9.90 Å². The maximum atomic E-state index is 11.1. The van der Waals surface area contributed by atoms with Gasteiger partial charge in [0.1, 0.15) is 18.5 Å². The number of carbonyl (C=O) groups excluding carboxylic acids is 1. The molecule has 1 atom stereocenters. The summed E-state index contributed by atoms with van der Waals surface area (Å²) < 4.78 is 5.63. The molecule has 1 aliphatic rings. The number of hydrogen-bond donors (Lipinski definition) is 2. The van der Waals surface area contributed by atoms with Crippen LogP contribution in [0.5, 0.6) is 5.75 Å². The summed E-state index contributed by atoms with van der Waals surface area (Å²) in [5.41, 5.74) is 1.07. The van der Waals surface area contributed by atoms with Crippen LogP contribution in [0.25, 0.3) is 0 Å². The Kier molecular flexibility index (Phi) is 6.69. The van der Waals surface area contributed by atoms with E-state index in [1.807, 2.05) is 19.1 Å². The Morgan fingerprint density at radius 1 is 1.48 bits per heavy atom. The smallest absolute Gasteiger partial charge is 0.217 e. The lowest BCUT2D eigenvalue weighted by Crippen LogP contribution is -2.46. The Bertz CT molecular complexity index is 531. The number of aliphatic hydroxyl groups is 1. The van der Waals surface area contributed by atoms with Gasteiger partial charge in [0.15, 0.2) is 0 Å². The minimum absolute atomic E-state index is 0.0203. The summed E-state index contributed by atoms with van der Waals surface area (Å²) in [5, 5.41) is 13.7. The lowest BCUT2D eigenvalue weighted by atomic mass is 10.0. The highest BCUT2D eigenvalue weighted by Crippen LogP contribution is 2.25. The number of amides is 1. The highest BCUT2D eigenvalue weighted by molar-refractivity contribution is 6.32. The van der Waals surface area contributed by atoms with Gasteiger partial charge in [-0.1, -0.05) is 17.7 Å². The first kappa shape index (κ1) is 18.0. The number of β-amino-alcohol motifs (C(OH)–C–C–N with tert-alkyl or cyclic N) is 1. The summed E-state index contributed by atoms with van der Waals surface area (Å²) in [7, 11) is 0. The summed E-state index contributed by atoms with van der Waals surface area (Å²) in [6.45, 7) is 6.04. The molecule has 1 heterocycles. The number of nitrogens with zero attached hydrogens (tertiary/aromatic N) is 1. The van der Waals surface area contributed by atoms with Crippen LogP contribution in [0.4, 0.5) is 0 Å². The van der Waals surface area contributed by atoms with Gasteiger partial charge < -0.3 is 20.1 Å². The summed E-state index contributed by atoms with van der Waals surface area (Å²) in [6.07, 6.45) is 1.26. The first-order valence-electron chi connectivity index (χ1n) is 8.00. The quantitative estimate of drug-likeness (QED) is 0.831. The van der Waals surface area contributed by atoms with E-state index in [0.717, 1.165) is 31.5 Å². The molecule has 0 spiro atoms. The number of nitrogens with one attached hydrogen (secondary N) is 1. The molecule has 6 heteroatoms. The molecule has 5 nitrogen and oxygen atoms in total. The van der Waals surface area contributed by atoms with E-state index in [-0.39, 0.29) is 18.6 Å². The average molecular weight is 341 g/mol. The van der Waals surface area contributed by atoms with Gasteiger partial charge in [0.2, 0.25) is 5.91 Å². The fraction of sp³-hybridized carbons (Fsp3) is 0.588. The molecule has 1 aromatic carbocycles. The number of piperidine rings is 1. The normalized spacial score (nSPS) is 17.7. The topological polar surface area (TPSA) is 61.8 Å². The van der Waals surface area contributed by atoms with Crippen molar-refractivity contribution in [2.75, 3.05) is 26.2 Å². The fourth-order valence-corrected chi connectivity index (χ4v) is 2.98. The van der Waals surface area contributed by atoms with Gasteiger partial charge in [-0.25, -0.2) is 0 Å². The van der Waals surface area contributed by atoms with Crippen LogP contribution in [0.1, 0.15) is 25.3 Å². The maximum absolute atomic E-state index is 11.1. The molecule has 1 aromatic rings. The Balaban J connectivity index is 1.72. The molecule has 2 N–H and O–H groups in total. The van der Waals surface area contributed by atoms with Crippen LogP contribution in [0, 0.1) is 6.92 Å². The number of hydrogen-bond acceptors (Lipinski definition) is 4. The van der Waals surface area contributed by atoms with Crippen LogP contribution >= 0.6 is 11.6 Å². The second-order valence-electron chi connectivity index (χ2n) is 6.17. The molecule has 1 fully saturated rings. The molecule has 1 saturated heterocycles. The van der Waals surface area contributed by atoms with Crippen LogP contribution in [-0.2, 0) is 4.79 Å². The molecule has 23 heavy (non-hydrogen) atoms. The van der Waals surface area contributed by atoms with Gasteiger partial charge in [-0.3, -0.25) is 4.79 Å². The van der Waals surface area contributed by atoms with Gasteiger partial charge in [0, 0.05) is 32.6 Å². The molecule has 0 aliphatic carbocycles. The van der Waals surface area contributed by atoms with Crippen molar-refractivity contribution < 1.29 is 14.6 Å². The van der Waals surface area contributed by atoms with E-state index >= 15 is 0 Å². The van der Waals surface area contributed by atoms with Gasteiger partial charge >= 0.3 is 0 Å². The van der Waals surface area contributed by atoms with Crippen LogP contribution < -0.4 is 10.1 Å². The largest absolute Gasteiger partial charge is 0.489 e. The van der Waals surface area contributed by atoms with Gasteiger partial charge in [-0.05, 0) is 37.5 Å². The first-order chi connectivity index (χ1) is 10.9. The lowest BCUT2D eigenvalue weighted by molar-refractivity contribution is -0.120. The van der Waals surface area contributed by atoms with E-state index in [4.69, 9.17) is 16.3 Å². The average Bonchev–Trinajstić information content (AvgIpc) is 2.50. The molecule has 1 amide bonds. The van der Waals surface area contributed by atoms with Crippen LogP contribution in [0.2, 0.25) is 5.02 Å². The van der Waals surface area contributed by atoms with E-state index in [0.29, 0.717) is 17.3 Å². The second kappa shape index (κ2) is 8.52. The number of carbonyl (C=O) groups is 1. The Morgan fingerprint density at radius 3 is 2.83 bits per heavy atom. The van der Waals surface area contributed by atoms with Crippen molar-refractivity contribution >= 4 is 17.5 Å². The minimum atomic E-state index is -0.566. The number of aryl methyl sites for hydroxylation is 1. The highest BCUT2D eigenvalue weighted by Gasteiger charge is 2.21. The number of likely N-dealkylation sites (tertiary alicyclic amines) is 1. The van der Waals surface area contributed by atoms with Gasteiger partial charge in [-0.2, -0.15) is 0 Å². The molecule has 0 bridgehead atoms. The zero-order valence-electron chi connectivity index (χ0n) is 13.7. The van der Waals surface area contributed by atoms with E-state index in [1.54, 1.807) is 13.0 Å². The number of ether oxygens (including phenoxy) is 1. The lowest BCUT2D eigenvalue weighted by Gasteiger charge is -2.33. The van der Waals surface area contributed by atoms with E-state index < -0.39 is 6.10 Å². The zero-order valence-corrected chi connectivity index (χ0v) is 14.5. The van der Waals surface area contributed by atoms with Gasteiger partial charge in [0.05, 0.1) is 5.02 Å². The third-order valence-electron chi connectivity index (χ3n) is 3.98. The SMILES string of the molecule is CC(=O)NC1CCN(CC(O)COc2cc(C)ccc2Cl)CC1. The predicted molar refractivity (Wildman–Crippen MR) is 91.0 cm³/mol. The highest BCUT2D eigenvalue weighted by atomic mass is 35.5. The zero-order chi connectivity index (χ0) is 16.8. The number of benzene rings is 1. The number of aliphatic hydroxyl groups excluding tert-OH is 1. The van der Waals surface area contributed by atoms with Crippen LogP contribution in [0.15, 0.2) is 18.2 Å². The Hall–Kier alpha value is -1.30. The summed E-state index contributed by atoms with van der Waals surface area (Å²) in [4.78, 5) is 13.2. The number of rotatable bonds is 6. The summed E-state index contributed by atoms with van der Waals surface area (Å²) in [6, 6.07) is 5.84. The van der Waals surface area contributed by atoms with Crippen molar-refractivity contribution in [1.29, 1.82) is 0 Å². The molecule has 2 rings (SSSR count). The van der Waals surface area contributed by atoms with E-state index in [2.05, 4.69) is 10.2 Å². The fourth-order valence-electron chi connectivity index (χ4n) is 2.81. The van der Waals surface area contributed by atoms with Gasteiger partial charge in [-0.15, -0.1) is 0 Å².